The van der Waals surface area contributed by atoms with E-state index in [4.69, 9.17) is 9.47 Å². The Morgan fingerprint density at radius 3 is 2.42 bits per heavy atom. The summed E-state index contributed by atoms with van der Waals surface area (Å²) in [7, 11) is 2.73. The third-order valence-electron chi connectivity index (χ3n) is 4.66. The van der Waals surface area contributed by atoms with Gasteiger partial charge in [-0.1, -0.05) is 28.1 Å². The van der Waals surface area contributed by atoms with Crippen LogP contribution in [0.2, 0.25) is 0 Å². The molecule has 0 saturated heterocycles. The molecule has 1 aromatic rings. The lowest BCUT2D eigenvalue weighted by molar-refractivity contribution is -0.497. The molecule has 0 bridgehead atoms. The van der Waals surface area contributed by atoms with Crippen LogP contribution in [0.4, 0.5) is 0 Å². The number of esters is 1. The molecule has 1 aromatic carbocycles. The first-order chi connectivity index (χ1) is 12.3. The maximum absolute atomic E-state index is 13.0. The third kappa shape index (κ3) is 3.88. The van der Waals surface area contributed by atoms with Crippen LogP contribution in [0.1, 0.15) is 18.9 Å². The van der Waals surface area contributed by atoms with Gasteiger partial charge < -0.3 is 14.4 Å². The molecule has 0 aliphatic heterocycles. The Hall–Kier alpha value is -2.00. The number of halogens is 1. The molecule has 0 N–H and O–H groups in total. The normalized spacial score (nSPS) is 20.8. The van der Waals surface area contributed by atoms with E-state index >= 15 is 0 Å². The number of methoxy groups -OCH3 is 2. The Balaban J connectivity index is 2.45. The number of rotatable bonds is 8. The maximum atomic E-state index is 13.0. The molecule has 1 saturated carbocycles. The molecule has 0 aromatic heterocycles. The van der Waals surface area contributed by atoms with Gasteiger partial charge >= 0.3 is 5.97 Å². The van der Waals surface area contributed by atoms with Crippen molar-refractivity contribution in [3.8, 4) is 0 Å². The van der Waals surface area contributed by atoms with Crippen molar-refractivity contribution < 1.29 is 24.0 Å². The fourth-order valence-electron chi connectivity index (χ4n) is 2.97. The van der Waals surface area contributed by atoms with E-state index in [9.17, 15) is 19.7 Å². The second kappa shape index (κ2) is 8.13. The van der Waals surface area contributed by atoms with Gasteiger partial charge in [-0.15, -0.1) is 0 Å². The van der Waals surface area contributed by atoms with Crippen LogP contribution in [0.3, 0.4) is 0 Å². The van der Waals surface area contributed by atoms with Crippen molar-refractivity contribution in [1.29, 1.82) is 0 Å². The highest BCUT2D eigenvalue weighted by Gasteiger charge is 2.58. The number of nitrogens with zero attached hydrogens (tertiary/aromatic N) is 2. The molecule has 0 unspecified atom stereocenters. The molecule has 9 heteroatoms. The van der Waals surface area contributed by atoms with Crippen molar-refractivity contribution in [3.63, 3.8) is 0 Å². The number of carbonyl (C=O) groups excluding carboxylic acids is 2. The number of amides is 1. The fourth-order valence-corrected chi connectivity index (χ4v) is 3.24. The van der Waals surface area contributed by atoms with Crippen LogP contribution >= 0.6 is 15.9 Å². The van der Waals surface area contributed by atoms with Gasteiger partial charge in [0.2, 0.25) is 11.9 Å². The topological polar surface area (TPSA) is 99.0 Å². The molecular formula is C17H21BrN2O6. The first kappa shape index (κ1) is 20.3. The lowest BCUT2D eigenvalue weighted by Gasteiger charge is -2.39. The molecular weight excluding hydrogens is 408 g/mol. The van der Waals surface area contributed by atoms with Gasteiger partial charge in [0.15, 0.2) is 5.54 Å². The molecule has 1 fully saturated rings. The van der Waals surface area contributed by atoms with E-state index in [1.807, 2.05) is 0 Å². The minimum absolute atomic E-state index is 0.109. The second-order valence-electron chi connectivity index (χ2n) is 6.25. The summed E-state index contributed by atoms with van der Waals surface area (Å²) in [5, 5.41) is 11.0. The molecule has 3 atom stereocenters. The monoisotopic (exact) mass is 428 g/mol. The second-order valence-corrected chi connectivity index (χ2v) is 7.16. The molecule has 0 radical (unpaired) electrons. The minimum Gasteiger partial charge on any atom is -0.467 e. The molecule has 142 valence electrons. The van der Waals surface area contributed by atoms with Crippen molar-refractivity contribution in [2.24, 2.45) is 5.92 Å². The van der Waals surface area contributed by atoms with Crippen molar-refractivity contribution >= 4 is 27.8 Å². The van der Waals surface area contributed by atoms with E-state index in [2.05, 4.69) is 15.9 Å². The van der Waals surface area contributed by atoms with Gasteiger partial charge in [0.25, 0.3) is 0 Å². The van der Waals surface area contributed by atoms with E-state index in [1.54, 1.807) is 31.2 Å². The van der Waals surface area contributed by atoms with Crippen LogP contribution in [0.15, 0.2) is 28.7 Å². The summed E-state index contributed by atoms with van der Waals surface area (Å²) in [6.07, 6.45) is 0.174. The summed E-state index contributed by atoms with van der Waals surface area (Å²) in [6.45, 7) is 1.88. The smallest absolute Gasteiger partial charge is 0.336 e. The molecule has 2 rings (SSSR count). The van der Waals surface area contributed by atoms with E-state index in [-0.39, 0.29) is 19.6 Å². The fraction of sp³-hybridized carbons (Fsp3) is 0.529. The quantitative estimate of drug-likeness (QED) is 0.356. The SMILES string of the molecule is COCCN(C(=O)[C@@H]1C[C@@H]1[N+](=O)[O-])[C@](C)(C(=O)OC)c1ccc(Br)cc1. The average Bonchev–Trinajstić information content (AvgIpc) is 3.42. The van der Waals surface area contributed by atoms with E-state index in [0.29, 0.717) is 5.56 Å². The van der Waals surface area contributed by atoms with Gasteiger partial charge in [-0.05, 0) is 24.6 Å². The lowest BCUT2D eigenvalue weighted by atomic mass is 9.89. The summed E-state index contributed by atoms with van der Waals surface area (Å²) in [4.78, 5) is 37.5. The number of benzene rings is 1. The van der Waals surface area contributed by atoms with E-state index < -0.39 is 34.3 Å². The van der Waals surface area contributed by atoms with Gasteiger partial charge in [0.05, 0.1) is 13.7 Å². The molecule has 8 nitrogen and oxygen atoms in total. The number of hydrogen-bond donors (Lipinski definition) is 0. The van der Waals surface area contributed by atoms with Crippen LogP contribution in [-0.2, 0) is 24.6 Å². The maximum Gasteiger partial charge on any atom is 0.336 e. The molecule has 1 aliphatic carbocycles. The highest BCUT2D eigenvalue weighted by Crippen LogP contribution is 2.39. The van der Waals surface area contributed by atoms with E-state index in [1.165, 1.54) is 19.1 Å². The van der Waals surface area contributed by atoms with Crippen molar-refractivity contribution in [3.05, 3.63) is 44.4 Å². The van der Waals surface area contributed by atoms with Gasteiger partial charge in [-0.25, -0.2) is 4.79 Å². The Kier molecular flexibility index (Phi) is 6.35. The summed E-state index contributed by atoms with van der Waals surface area (Å²) in [5.41, 5.74) is -0.871. The zero-order valence-corrected chi connectivity index (χ0v) is 16.4. The van der Waals surface area contributed by atoms with Gasteiger partial charge in [-0.3, -0.25) is 14.9 Å². The van der Waals surface area contributed by atoms with Crippen LogP contribution in [0.25, 0.3) is 0 Å². The number of carbonyl (C=O) groups is 2. The molecule has 1 amide bonds. The van der Waals surface area contributed by atoms with Crippen LogP contribution in [0.5, 0.6) is 0 Å². The van der Waals surface area contributed by atoms with Crippen molar-refractivity contribution in [1.82, 2.24) is 4.90 Å². The van der Waals surface area contributed by atoms with Crippen LogP contribution < -0.4 is 0 Å². The highest BCUT2D eigenvalue weighted by atomic mass is 79.9. The first-order valence-electron chi connectivity index (χ1n) is 8.05. The van der Waals surface area contributed by atoms with Gasteiger partial charge in [0, 0.05) is 29.5 Å². The van der Waals surface area contributed by atoms with Gasteiger partial charge in [-0.2, -0.15) is 0 Å². The first-order valence-corrected chi connectivity index (χ1v) is 8.85. The highest BCUT2D eigenvalue weighted by molar-refractivity contribution is 9.10. The summed E-state index contributed by atoms with van der Waals surface area (Å²) in [5.74, 6) is -1.80. The standard InChI is InChI=1S/C17H21BrN2O6/c1-17(16(22)26-3,11-4-6-12(18)7-5-11)19(8-9-25-2)15(21)13-10-14(13)20(23)24/h4-7,13-14H,8-10H2,1-3H3/t13-,14+,17+/m1/s1. The van der Waals surface area contributed by atoms with Crippen molar-refractivity contribution in [2.45, 2.75) is 24.9 Å². The zero-order valence-electron chi connectivity index (χ0n) is 14.8. The Morgan fingerprint density at radius 1 is 1.35 bits per heavy atom. The Labute approximate surface area is 159 Å². The summed E-state index contributed by atoms with van der Waals surface area (Å²) >= 11 is 3.34. The predicted octanol–water partition coefficient (Wildman–Crippen LogP) is 1.98. The number of ether oxygens (including phenoxy) is 2. The largest absolute Gasteiger partial charge is 0.467 e. The number of hydrogen-bond acceptors (Lipinski definition) is 6. The number of nitro groups is 1. The van der Waals surface area contributed by atoms with Crippen LogP contribution in [0, 0.1) is 16.0 Å². The third-order valence-corrected chi connectivity index (χ3v) is 5.19. The molecule has 1 aliphatic rings. The average molecular weight is 429 g/mol. The van der Waals surface area contributed by atoms with Crippen molar-refractivity contribution in [2.75, 3.05) is 27.4 Å². The zero-order chi connectivity index (χ0) is 19.5. The summed E-state index contributed by atoms with van der Waals surface area (Å²) < 4.78 is 10.9. The van der Waals surface area contributed by atoms with Gasteiger partial charge in [0.1, 0.15) is 5.92 Å². The molecule has 0 heterocycles. The van der Waals surface area contributed by atoms with E-state index in [0.717, 1.165) is 4.47 Å². The predicted molar refractivity (Wildman–Crippen MR) is 96.0 cm³/mol. The summed E-state index contributed by atoms with van der Waals surface area (Å²) in [6, 6.07) is 6.04. The Bertz CT molecular complexity index is 695. The van der Waals surface area contributed by atoms with Crippen LogP contribution in [-0.4, -0.2) is 55.1 Å². The molecule has 0 spiro atoms. The molecule has 26 heavy (non-hydrogen) atoms. The lowest BCUT2D eigenvalue weighted by Crippen LogP contribution is -2.55. The minimum atomic E-state index is -1.42. The Morgan fingerprint density at radius 2 is 1.96 bits per heavy atom.